The molecule has 37 heavy (non-hydrogen) atoms. The summed E-state index contributed by atoms with van der Waals surface area (Å²) in [5.74, 6) is 3.44. The van der Waals surface area contributed by atoms with Gasteiger partial charge in [-0.3, -0.25) is 0 Å². The smallest absolute Gasteiger partial charge is 0.338 e. The number of carbonyl (C=O) groups excluding carboxylic acids is 1. The van der Waals surface area contributed by atoms with E-state index in [1.54, 1.807) is 5.57 Å². The zero-order valence-electron chi connectivity index (χ0n) is 23.8. The Labute approximate surface area is 224 Å². The summed E-state index contributed by atoms with van der Waals surface area (Å²) >= 11 is 0. The minimum absolute atomic E-state index is 0.0253. The molecule has 0 unspecified atom stereocenters. The van der Waals surface area contributed by atoms with E-state index in [-0.39, 0.29) is 17.7 Å². The summed E-state index contributed by atoms with van der Waals surface area (Å²) in [4.78, 5) is 12.7. The molecular formula is C34H48O3. The van der Waals surface area contributed by atoms with Crippen LogP contribution in [0.1, 0.15) is 109 Å². The maximum absolute atomic E-state index is 12.7. The van der Waals surface area contributed by atoms with Gasteiger partial charge in [-0.25, -0.2) is 4.79 Å². The van der Waals surface area contributed by atoms with Crippen LogP contribution in [0.3, 0.4) is 0 Å². The van der Waals surface area contributed by atoms with Crippen LogP contribution in [0, 0.1) is 40.4 Å². The van der Waals surface area contributed by atoms with E-state index in [4.69, 9.17) is 9.47 Å². The van der Waals surface area contributed by atoms with Gasteiger partial charge in [0.25, 0.3) is 0 Å². The zero-order valence-corrected chi connectivity index (χ0v) is 23.8. The first-order chi connectivity index (χ1) is 17.7. The molecule has 1 aliphatic heterocycles. The van der Waals surface area contributed by atoms with E-state index in [9.17, 15) is 4.79 Å². The van der Waals surface area contributed by atoms with Crippen molar-refractivity contribution in [1.82, 2.24) is 0 Å². The fourth-order valence-corrected chi connectivity index (χ4v) is 9.75. The normalized spacial score (nSPS) is 42.6. The monoisotopic (exact) mass is 504 g/mol. The summed E-state index contributed by atoms with van der Waals surface area (Å²) in [5.41, 5.74) is 2.97. The molecule has 1 aromatic carbocycles. The molecule has 1 heterocycles. The van der Waals surface area contributed by atoms with E-state index in [2.05, 4.69) is 40.7 Å². The molecule has 1 aromatic rings. The lowest BCUT2D eigenvalue weighted by Crippen LogP contribution is -2.54. The first kappa shape index (κ1) is 25.7. The van der Waals surface area contributed by atoms with Crippen molar-refractivity contribution in [3.05, 3.63) is 47.5 Å². The highest BCUT2D eigenvalue weighted by Crippen LogP contribution is 2.76. The molecule has 0 aromatic heterocycles. The number of hydrogen-bond acceptors (Lipinski definition) is 3. The van der Waals surface area contributed by atoms with Gasteiger partial charge >= 0.3 is 5.97 Å². The highest BCUT2D eigenvalue weighted by atomic mass is 16.6. The minimum atomic E-state index is -0.165. The number of hydrogen-bond donors (Lipinski definition) is 0. The molecule has 4 fully saturated rings. The summed E-state index contributed by atoms with van der Waals surface area (Å²) < 4.78 is 12.8. The number of carbonyl (C=O) groups is 1. The predicted octanol–water partition coefficient (Wildman–Crippen LogP) is 8.38. The van der Waals surface area contributed by atoms with Gasteiger partial charge in [-0.1, -0.05) is 78.2 Å². The Morgan fingerprint density at radius 3 is 2.59 bits per heavy atom. The lowest BCUT2D eigenvalue weighted by molar-refractivity contribution is -0.0665. The van der Waals surface area contributed by atoms with Crippen LogP contribution in [-0.2, 0) is 9.47 Å². The lowest BCUT2D eigenvalue weighted by Gasteiger charge is -2.58. The molecule has 0 bridgehead atoms. The second-order valence-electron chi connectivity index (χ2n) is 14.3. The van der Waals surface area contributed by atoms with Gasteiger partial charge in [0.1, 0.15) is 11.7 Å². The van der Waals surface area contributed by atoms with Crippen LogP contribution in [0.4, 0.5) is 0 Å². The van der Waals surface area contributed by atoms with Gasteiger partial charge in [0, 0.05) is 5.41 Å². The van der Waals surface area contributed by atoms with Crippen LogP contribution < -0.4 is 0 Å². The molecule has 1 spiro atoms. The molecule has 3 nitrogen and oxygen atoms in total. The van der Waals surface area contributed by atoms with Crippen LogP contribution in [0.5, 0.6) is 0 Å². The van der Waals surface area contributed by atoms with Gasteiger partial charge in [0.05, 0.1) is 11.7 Å². The van der Waals surface area contributed by atoms with Gasteiger partial charge in [-0.2, -0.15) is 0 Å². The topological polar surface area (TPSA) is 38.8 Å². The number of epoxide rings is 1. The number of rotatable bonds is 7. The number of allylic oxidation sites excluding steroid dienone is 1. The van der Waals surface area contributed by atoms with Gasteiger partial charge in [0.2, 0.25) is 0 Å². The standard InChI is InChI=1S/C34H48O3/c1-22(2)10-9-11-23(3)29-21-30-34(37-30)28-15-14-25-20-26(36-31(35)24-12-7-6-8-13-24)16-18-32(25,4)27(28)17-19-33(29,34)5/h6-8,12-13,15,22-23,25-27,29-30H,9-11,14,16-21H2,1-5H3/t23-,25+,26+,27-,29-,30-,32-,33-,34+/m0/s1. The maximum atomic E-state index is 12.7. The molecule has 202 valence electrons. The molecule has 0 N–H and O–H groups in total. The summed E-state index contributed by atoms with van der Waals surface area (Å²) in [6.45, 7) is 12.4. The van der Waals surface area contributed by atoms with Gasteiger partial charge < -0.3 is 9.47 Å². The van der Waals surface area contributed by atoms with Crippen LogP contribution in [0.2, 0.25) is 0 Å². The van der Waals surface area contributed by atoms with Crippen LogP contribution in [-0.4, -0.2) is 23.8 Å². The van der Waals surface area contributed by atoms with E-state index < -0.39 is 0 Å². The minimum Gasteiger partial charge on any atom is -0.459 e. The van der Waals surface area contributed by atoms with Crippen molar-refractivity contribution in [2.75, 3.05) is 0 Å². The van der Waals surface area contributed by atoms with E-state index in [0.29, 0.717) is 34.3 Å². The Hall–Kier alpha value is -1.61. The van der Waals surface area contributed by atoms with Crippen molar-refractivity contribution < 1.29 is 14.3 Å². The summed E-state index contributed by atoms with van der Waals surface area (Å²) in [6.07, 6.45) is 15.3. The van der Waals surface area contributed by atoms with Crippen molar-refractivity contribution in [3.63, 3.8) is 0 Å². The molecule has 6 rings (SSSR count). The quantitative estimate of drug-likeness (QED) is 0.213. The molecule has 4 aliphatic carbocycles. The second kappa shape index (κ2) is 9.25. The highest BCUT2D eigenvalue weighted by molar-refractivity contribution is 5.89. The number of ether oxygens (including phenoxy) is 2. The molecule has 0 radical (unpaired) electrons. The molecule has 3 heteroatoms. The second-order valence-corrected chi connectivity index (χ2v) is 14.3. The van der Waals surface area contributed by atoms with Crippen molar-refractivity contribution in [2.24, 2.45) is 40.4 Å². The lowest BCUT2D eigenvalue weighted by atomic mass is 9.47. The zero-order chi connectivity index (χ0) is 26.0. The molecule has 3 saturated carbocycles. The van der Waals surface area contributed by atoms with Crippen molar-refractivity contribution in [3.8, 4) is 0 Å². The fourth-order valence-electron chi connectivity index (χ4n) is 9.75. The first-order valence-corrected chi connectivity index (χ1v) is 15.3. The third-order valence-corrected chi connectivity index (χ3v) is 11.9. The first-order valence-electron chi connectivity index (χ1n) is 15.3. The third-order valence-electron chi connectivity index (χ3n) is 11.9. The Balaban J connectivity index is 1.17. The Kier molecular flexibility index (Phi) is 6.41. The Morgan fingerprint density at radius 1 is 1.05 bits per heavy atom. The molecule has 5 aliphatic rings. The number of benzene rings is 1. The predicted molar refractivity (Wildman–Crippen MR) is 148 cm³/mol. The Morgan fingerprint density at radius 2 is 1.84 bits per heavy atom. The van der Waals surface area contributed by atoms with Crippen LogP contribution in [0.25, 0.3) is 0 Å². The van der Waals surface area contributed by atoms with Crippen molar-refractivity contribution in [1.29, 1.82) is 0 Å². The van der Waals surface area contributed by atoms with Crippen LogP contribution >= 0.6 is 0 Å². The average Bonchev–Trinajstić information content (AvgIpc) is 3.54. The molecule has 0 amide bonds. The van der Waals surface area contributed by atoms with E-state index >= 15 is 0 Å². The Bertz CT molecular complexity index is 1040. The van der Waals surface area contributed by atoms with Crippen LogP contribution in [0.15, 0.2) is 42.0 Å². The molecule has 1 saturated heterocycles. The summed E-state index contributed by atoms with van der Waals surface area (Å²) in [6, 6.07) is 9.47. The summed E-state index contributed by atoms with van der Waals surface area (Å²) in [7, 11) is 0. The SMILES string of the molecule is CC(C)CCC[C@H](C)[C@@H]1C[C@@H]2O[C@]23C2=CC[C@@H]4C[C@H](OC(=O)c5ccccc5)CC[C@]4(C)[C@H]2CC[C@@]13C. The number of esters is 1. The van der Waals surface area contributed by atoms with E-state index in [1.165, 1.54) is 38.5 Å². The third kappa shape index (κ3) is 3.97. The highest BCUT2D eigenvalue weighted by Gasteiger charge is 2.79. The molecular weight excluding hydrogens is 456 g/mol. The largest absolute Gasteiger partial charge is 0.459 e. The van der Waals surface area contributed by atoms with Gasteiger partial charge in [0.15, 0.2) is 0 Å². The van der Waals surface area contributed by atoms with E-state index in [0.717, 1.165) is 43.4 Å². The maximum Gasteiger partial charge on any atom is 0.338 e. The average molecular weight is 505 g/mol. The fraction of sp³-hybridized carbons (Fsp3) is 0.735. The summed E-state index contributed by atoms with van der Waals surface area (Å²) in [5, 5.41) is 0. The van der Waals surface area contributed by atoms with Crippen molar-refractivity contribution >= 4 is 5.97 Å². The van der Waals surface area contributed by atoms with Crippen molar-refractivity contribution in [2.45, 2.75) is 117 Å². The van der Waals surface area contributed by atoms with E-state index in [1.807, 2.05) is 30.3 Å². The number of fused-ring (bicyclic) bond motifs is 3. The van der Waals surface area contributed by atoms with Gasteiger partial charge in [-0.15, -0.1) is 0 Å². The molecule has 9 atom stereocenters. The van der Waals surface area contributed by atoms with Gasteiger partial charge in [-0.05, 0) is 97.7 Å².